The van der Waals surface area contributed by atoms with Crippen LogP contribution < -0.4 is 10.6 Å². The van der Waals surface area contributed by atoms with Crippen LogP contribution in [0.4, 0.5) is 0 Å². The number of nitrogens with one attached hydrogen (secondary N) is 3. The monoisotopic (exact) mass is 441 g/mol. The van der Waals surface area contributed by atoms with Gasteiger partial charge in [0.05, 0.1) is 13.5 Å². The van der Waals surface area contributed by atoms with Crippen LogP contribution in [-0.4, -0.2) is 42.0 Å². The second-order valence-corrected chi connectivity index (χ2v) is 9.22. The van der Waals surface area contributed by atoms with Crippen molar-refractivity contribution in [1.29, 1.82) is 0 Å². The lowest BCUT2D eigenvalue weighted by Gasteiger charge is -2.24. The summed E-state index contributed by atoms with van der Waals surface area (Å²) in [5.41, 5.74) is 1.97. The Hall–Kier alpha value is -2.83. The third kappa shape index (κ3) is 6.34. The zero-order chi connectivity index (χ0) is 23.1. The van der Waals surface area contributed by atoms with Crippen molar-refractivity contribution < 1.29 is 19.1 Å². The molecule has 32 heavy (non-hydrogen) atoms. The number of methoxy groups -OCH3 is 1. The Balaban J connectivity index is 1.79. The van der Waals surface area contributed by atoms with Gasteiger partial charge in [0.25, 0.3) is 0 Å². The Kier molecular flexibility index (Phi) is 8.31. The normalized spacial score (nSPS) is 16.1. The first-order chi connectivity index (χ1) is 15.4. The van der Waals surface area contributed by atoms with Gasteiger partial charge in [0.15, 0.2) is 0 Å². The van der Waals surface area contributed by atoms with Gasteiger partial charge in [-0.25, -0.2) is 0 Å². The molecule has 1 heterocycles. The summed E-state index contributed by atoms with van der Waals surface area (Å²) < 4.78 is 4.78. The molecule has 0 radical (unpaired) electrons. The Morgan fingerprint density at radius 2 is 1.84 bits per heavy atom. The highest BCUT2D eigenvalue weighted by Gasteiger charge is 2.30. The molecule has 1 saturated carbocycles. The van der Waals surface area contributed by atoms with Crippen molar-refractivity contribution in [2.24, 2.45) is 11.8 Å². The van der Waals surface area contributed by atoms with E-state index in [0.29, 0.717) is 12.8 Å². The first-order valence-corrected chi connectivity index (χ1v) is 11.6. The zero-order valence-corrected chi connectivity index (χ0v) is 19.3. The predicted molar refractivity (Wildman–Crippen MR) is 124 cm³/mol. The molecule has 1 aliphatic rings. The molecule has 0 spiro atoms. The molecule has 0 bridgehead atoms. The van der Waals surface area contributed by atoms with Crippen molar-refractivity contribution >= 4 is 28.7 Å². The summed E-state index contributed by atoms with van der Waals surface area (Å²) in [6, 6.07) is 7.35. The van der Waals surface area contributed by atoms with Crippen LogP contribution in [0.1, 0.15) is 57.9 Å². The lowest BCUT2D eigenvalue weighted by molar-refractivity contribution is -0.144. The second-order valence-electron chi connectivity index (χ2n) is 9.22. The molecule has 7 nitrogen and oxygen atoms in total. The number of esters is 1. The highest BCUT2D eigenvalue weighted by molar-refractivity contribution is 5.91. The van der Waals surface area contributed by atoms with E-state index in [9.17, 15) is 14.4 Å². The molecule has 2 amide bonds. The van der Waals surface area contributed by atoms with Gasteiger partial charge in [0, 0.05) is 35.5 Å². The van der Waals surface area contributed by atoms with Gasteiger partial charge in [-0.15, -0.1) is 0 Å². The number of rotatable bonds is 10. The van der Waals surface area contributed by atoms with E-state index in [-0.39, 0.29) is 30.2 Å². The van der Waals surface area contributed by atoms with Crippen molar-refractivity contribution in [3.8, 4) is 0 Å². The number of carbonyl (C=O) groups is 3. The summed E-state index contributed by atoms with van der Waals surface area (Å²) >= 11 is 0. The van der Waals surface area contributed by atoms with Crippen LogP contribution in [0.25, 0.3) is 10.9 Å². The van der Waals surface area contributed by atoms with Crippen molar-refractivity contribution in [1.82, 2.24) is 15.6 Å². The Morgan fingerprint density at radius 1 is 1.12 bits per heavy atom. The first-order valence-electron chi connectivity index (χ1n) is 11.6. The molecule has 1 aromatic carbocycles. The molecule has 1 aliphatic carbocycles. The van der Waals surface area contributed by atoms with Crippen LogP contribution in [0.15, 0.2) is 30.5 Å². The zero-order valence-electron chi connectivity index (χ0n) is 19.3. The number of carbonyl (C=O) groups excluding carboxylic acids is 3. The van der Waals surface area contributed by atoms with Gasteiger partial charge in [-0.2, -0.15) is 0 Å². The van der Waals surface area contributed by atoms with Crippen LogP contribution in [0.5, 0.6) is 0 Å². The van der Waals surface area contributed by atoms with E-state index in [0.717, 1.165) is 42.1 Å². The number of aromatic amines is 1. The third-order valence-electron chi connectivity index (χ3n) is 6.20. The highest BCUT2D eigenvalue weighted by Crippen LogP contribution is 2.22. The molecular formula is C25H35N3O4. The molecule has 1 aromatic heterocycles. The maximum absolute atomic E-state index is 13.2. The maximum atomic E-state index is 13.2. The number of hydrogen-bond donors (Lipinski definition) is 3. The number of aromatic nitrogens is 1. The highest BCUT2D eigenvalue weighted by atomic mass is 16.5. The van der Waals surface area contributed by atoms with Crippen LogP contribution in [0, 0.1) is 11.8 Å². The minimum absolute atomic E-state index is 0.00453. The van der Waals surface area contributed by atoms with Gasteiger partial charge in [0.2, 0.25) is 11.8 Å². The summed E-state index contributed by atoms with van der Waals surface area (Å²) in [7, 11) is 1.32. The average molecular weight is 442 g/mol. The van der Waals surface area contributed by atoms with Gasteiger partial charge in [-0.1, -0.05) is 44.9 Å². The lowest BCUT2D eigenvalue weighted by Crippen LogP contribution is -2.51. The summed E-state index contributed by atoms with van der Waals surface area (Å²) in [5, 5.41) is 7.11. The fourth-order valence-electron chi connectivity index (χ4n) is 4.53. The summed E-state index contributed by atoms with van der Waals surface area (Å²) in [6.07, 6.45) is 6.98. The van der Waals surface area contributed by atoms with Gasteiger partial charge >= 0.3 is 5.97 Å². The molecular weight excluding hydrogens is 406 g/mol. The molecule has 3 rings (SSSR count). The Morgan fingerprint density at radius 3 is 2.53 bits per heavy atom. The standard InChI is InChI=1S/C25H35N3O4/c1-16(2)12-17(14-23(29)32-3)24(30)28-22(25(31)27-19-8-4-5-9-19)13-18-15-26-21-11-7-6-10-20(18)21/h6-7,10-11,15-17,19,22,26H,4-5,8-9,12-14H2,1-3H3,(H,27,31)(H,28,30)/t17-,22+/m1/s1. The minimum atomic E-state index is -0.713. The molecule has 2 aromatic rings. The molecule has 0 aliphatic heterocycles. The van der Waals surface area contributed by atoms with E-state index >= 15 is 0 Å². The molecule has 7 heteroatoms. The second kappa shape index (κ2) is 11.2. The molecule has 1 fully saturated rings. The van der Waals surface area contributed by atoms with Crippen LogP contribution in [-0.2, 0) is 25.5 Å². The molecule has 174 valence electrons. The minimum Gasteiger partial charge on any atom is -0.469 e. The SMILES string of the molecule is COC(=O)C[C@@H](CC(C)C)C(=O)N[C@@H](Cc1c[nH]c2ccccc12)C(=O)NC1CCCC1. The number of H-pyrrole nitrogens is 1. The van der Waals surface area contributed by atoms with Crippen LogP contribution in [0.2, 0.25) is 0 Å². The number of fused-ring (bicyclic) bond motifs is 1. The third-order valence-corrected chi connectivity index (χ3v) is 6.20. The molecule has 3 N–H and O–H groups in total. The van der Waals surface area contributed by atoms with Crippen molar-refractivity contribution in [2.45, 2.75) is 70.9 Å². The van der Waals surface area contributed by atoms with E-state index in [1.807, 2.05) is 44.3 Å². The topological polar surface area (TPSA) is 100 Å². The van der Waals surface area contributed by atoms with E-state index in [2.05, 4.69) is 15.6 Å². The average Bonchev–Trinajstić information content (AvgIpc) is 3.42. The van der Waals surface area contributed by atoms with E-state index in [1.165, 1.54) is 7.11 Å². The Bertz CT molecular complexity index is 930. The summed E-state index contributed by atoms with van der Waals surface area (Å²) in [6.45, 7) is 4.02. The predicted octanol–water partition coefficient (Wildman–Crippen LogP) is 3.48. The lowest BCUT2D eigenvalue weighted by atomic mass is 9.92. The van der Waals surface area contributed by atoms with Crippen LogP contribution >= 0.6 is 0 Å². The number of benzene rings is 1. The van der Waals surface area contributed by atoms with Crippen molar-refractivity contribution in [3.63, 3.8) is 0 Å². The number of ether oxygens (including phenoxy) is 1. The quantitative estimate of drug-likeness (QED) is 0.492. The number of amides is 2. The maximum Gasteiger partial charge on any atom is 0.306 e. The molecule has 0 saturated heterocycles. The van der Waals surface area contributed by atoms with Crippen molar-refractivity contribution in [3.05, 3.63) is 36.0 Å². The van der Waals surface area contributed by atoms with E-state index in [4.69, 9.17) is 4.74 Å². The van der Waals surface area contributed by atoms with Crippen molar-refractivity contribution in [2.75, 3.05) is 7.11 Å². The fraction of sp³-hybridized carbons (Fsp3) is 0.560. The summed E-state index contributed by atoms with van der Waals surface area (Å²) in [4.78, 5) is 41.5. The number of para-hydroxylation sites is 1. The Labute approximate surface area is 189 Å². The molecule has 2 atom stereocenters. The van der Waals surface area contributed by atoms with E-state index < -0.39 is 17.9 Å². The van der Waals surface area contributed by atoms with Gasteiger partial charge < -0.3 is 20.4 Å². The van der Waals surface area contributed by atoms with Gasteiger partial charge in [-0.3, -0.25) is 14.4 Å². The van der Waals surface area contributed by atoms with Crippen LogP contribution in [0.3, 0.4) is 0 Å². The van der Waals surface area contributed by atoms with Gasteiger partial charge in [-0.05, 0) is 36.8 Å². The largest absolute Gasteiger partial charge is 0.469 e. The summed E-state index contributed by atoms with van der Waals surface area (Å²) in [5.74, 6) is -1.18. The fourth-order valence-corrected chi connectivity index (χ4v) is 4.53. The number of hydrogen-bond acceptors (Lipinski definition) is 4. The van der Waals surface area contributed by atoms with E-state index in [1.54, 1.807) is 0 Å². The first kappa shape index (κ1) is 23.8. The molecule has 0 unspecified atom stereocenters. The van der Waals surface area contributed by atoms with Gasteiger partial charge in [0.1, 0.15) is 6.04 Å². The smallest absolute Gasteiger partial charge is 0.306 e.